The Morgan fingerprint density at radius 2 is 2.15 bits per heavy atom. The third kappa shape index (κ3) is 2.91. The fourth-order valence-electron chi connectivity index (χ4n) is 2.03. The zero-order valence-corrected chi connectivity index (χ0v) is 13.4. The molecule has 0 aliphatic rings. The first kappa shape index (κ1) is 15.1. The SMILES string of the molecule is CCC(C)C(C)NC(=O)c1sc2ccc(Cl)cc2c1N. The Hall–Kier alpha value is -1.26. The van der Waals surface area contributed by atoms with E-state index >= 15 is 0 Å². The van der Waals surface area contributed by atoms with Crippen molar-refractivity contribution in [3.63, 3.8) is 0 Å². The second kappa shape index (κ2) is 6.02. The van der Waals surface area contributed by atoms with Gasteiger partial charge in [0.25, 0.3) is 5.91 Å². The van der Waals surface area contributed by atoms with Gasteiger partial charge in [0.15, 0.2) is 0 Å². The molecule has 2 atom stereocenters. The van der Waals surface area contributed by atoms with E-state index in [2.05, 4.69) is 19.2 Å². The van der Waals surface area contributed by atoms with Crippen molar-refractivity contribution in [2.45, 2.75) is 33.2 Å². The molecule has 0 aliphatic carbocycles. The lowest BCUT2D eigenvalue weighted by Crippen LogP contribution is -2.36. The van der Waals surface area contributed by atoms with Crippen LogP contribution in [0.3, 0.4) is 0 Å². The number of carbonyl (C=O) groups is 1. The molecule has 1 aromatic heterocycles. The number of carbonyl (C=O) groups excluding carboxylic acids is 1. The summed E-state index contributed by atoms with van der Waals surface area (Å²) >= 11 is 7.38. The number of halogens is 1. The van der Waals surface area contributed by atoms with E-state index < -0.39 is 0 Å². The summed E-state index contributed by atoms with van der Waals surface area (Å²) in [5.41, 5.74) is 6.60. The van der Waals surface area contributed by atoms with E-state index in [1.807, 2.05) is 19.1 Å². The fraction of sp³-hybridized carbons (Fsp3) is 0.400. The van der Waals surface area contributed by atoms with Gasteiger partial charge in [-0.3, -0.25) is 4.79 Å². The highest BCUT2D eigenvalue weighted by atomic mass is 35.5. The second-order valence-electron chi connectivity index (χ2n) is 5.13. The summed E-state index contributed by atoms with van der Waals surface area (Å²) < 4.78 is 0.980. The summed E-state index contributed by atoms with van der Waals surface area (Å²) in [7, 11) is 0. The number of benzene rings is 1. The van der Waals surface area contributed by atoms with Crippen LogP contribution >= 0.6 is 22.9 Å². The Balaban J connectivity index is 2.29. The number of anilines is 1. The number of nitrogens with two attached hydrogens (primary N) is 1. The van der Waals surface area contributed by atoms with Crippen molar-refractivity contribution in [1.29, 1.82) is 0 Å². The van der Waals surface area contributed by atoms with E-state index in [-0.39, 0.29) is 11.9 Å². The van der Waals surface area contributed by atoms with E-state index in [0.717, 1.165) is 16.5 Å². The van der Waals surface area contributed by atoms with Crippen LogP contribution in [0.2, 0.25) is 5.02 Å². The van der Waals surface area contributed by atoms with Gasteiger partial charge in [0.05, 0.1) is 5.69 Å². The maximum Gasteiger partial charge on any atom is 0.263 e. The zero-order valence-electron chi connectivity index (χ0n) is 11.9. The van der Waals surface area contributed by atoms with Crippen LogP contribution < -0.4 is 11.1 Å². The number of nitrogens with one attached hydrogen (secondary N) is 1. The molecule has 0 saturated heterocycles. The zero-order chi connectivity index (χ0) is 14.9. The number of hydrogen-bond donors (Lipinski definition) is 2. The Bertz CT molecular complexity index is 638. The van der Waals surface area contributed by atoms with Gasteiger partial charge in [0.2, 0.25) is 0 Å². The van der Waals surface area contributed by atoms with E-state index in [1.165, 1.54) is 11.3 Å². The van der Waals surface area contributed by atoms with E-state index in [0.29, 0.717) is 21.5 Å². The fourth-order valence-corrected chi connectivity index (χ4v) is 3.20. The molecular weight excluding hydrogens is 292 g/mol. The highest BCUT2D eigenvalue weighted by Gasteiger charge is 2.19. The molecule has 108 valence electrons. The largest absolute Gasteiger partial charge is 0.397 e. The van der Waals surface area contributed by atoms with Gasteiger partial charge in [-0.05, 0) is 31.0 Å². The van der Waals surface area contributed by atoms with Gasteiger partial charge in [0, 0.05) is 21.2 Å². The molecule has 0 spiro atoms. The van der Waals surface area contributed by atoms with Crippen molar-refractivity contribution in [3.8, 4) is 0 Å². The highest BCUT2D eigenvalue weighted by Crippen LogP contribution is 2.35. The van der Waals surface area contributed by atoms with Crippen LogP contribution in [0.15, 0.2) is 18.2 Å². The lowest BCUT2D eigenvalue weighted by Gasteiger charge is -2.19. The molecule has 1 aromatic carbocycles. The van der Waals surface area contributed by atoms with Crippen LogP contribution in [0, 0.1) is 5.92 Å². The predicted octanol–water partition coefficient (Wildman–Crippen LogP) is 4.30. The molecule has 0 fully saturated rings. The molecule has 0 saturated carbocycles. The van der Waals surface area contributed by atoms with Crippen LogP contribution in [-0.2, 0) is 0 Å². The first-order chi connectivity index (χ1) is 9.43. The van der Waals surface area contributed by atoms with Crippen molar-refractivity contribution in [2.75, 3.05) is 5.73 Å². The van der Waals surface area contributed by atoms with Crippen molar-refractivity contribution in [2.24, 2.45) is 5.92 Å². The third-order valence-electron chi connectivity index (χ3n) is 3.75. The first-order valence-corrected chi connectivity index (χ1v) is 7.91. The molecule has 1 heterocycles. The summed E-state index contributed by atoms with van der Waals surface area (Å²) in [4.78, 5) is 12.9. The minimum atomic E-state index is -0.104. The maximum atomic E-state index is 12.3. The molecule has 0 bridgehead atoms. The van der Waals surface area contributed by atoms with Crippen molar-refractivity contribution < 1.29 is 4.79 Å². The Kier molecular flexibility index (Phi) is 4.55. The summed E-state index contributed by atoms with van der Waals surface area (Å²) in [6.07, 6.45) is 1.03. The molecule has 3 N–H and O–H groups in total. The van der Waals surface area contributed by atoms with Crippen molar-refractivity contribution in [3.05, 3.63) is 28.1 Å². The summed E-state index contributed by atoms with van der Waals surface area (Å²) in [5.74, 6) is 0.330. The second-order valence-corrected chi connectivity index (χ2v) is 6.62. The highest BCUT2D eigenvalue weighted by molar-refractivity contribution is 7.21. The average Bonchev–Trinajstić information content (AvgIpc) is 2.75. The van der Waals surface area contributed by atoms with E-state index in [1.54, 1.807) is 6.07 Å². The molecule has 2 rings (SSSR count). The van der Waals surface area contributed by atoms with Crippen LogP contribution in [0.1, 0.15) is 36.9 Å². The summed E-state index contributed by atoms with van der Waals surface area (Å²) in [6.45, 7) is 6.26. The molecule has 0 aliphatic heterocycles. The molecule has 1 amide bonds. The number of thiophene rings is 1. The number of nitrogen functional groups attached to an aromatic ring is 1. The molecule has 3 nitrogen and oxygen atoms in total. The number of hydrogen-bond acceptors (Lipinski definition) is 3. The normalized spacial score (nSPS) is 14.2. The van der Waals surface area contributed by atoms with Crippen molar-refractivity contribution >= 4 is 44.6 Å². The van der Waals surface area contributed by atoms with Gasteiger partial charge in [-0.25, -0.2) is 0 Å². The van der Waals surface area contributed by atoms with Crippen LogP contribution in [0.4, 0.5) is 5.69 Å². The third-order valence-corrected chi connectivity index (χ3v) is 5.17. The molecule has 2 unspecified atom stereocenters. The lowest BCUT2D eigenvalue weighted by atomic mass is 10.0. The van der Waals surface area contributed by atoms with Crippen LogP contribution in [0.25, 0.3) is 10.1 Å². The van der Waals surface area contributed by atoms with E-state index in [9.17, 15) is 4.79 Å². The number of rotatable bonds is 4. The van der Waals surface area contributed by atoms with Gasteiger partial charge in [-0.2, -0.15) is 0 Å². The lowest BCUT2D eigenvalue weighted by molar-refractivity contribution is 0.0933. The minimum absolute atomic E-state index is 0.104. The Morgan fingerprint density at radius 1 is 1.45 bits per heavy atom. The number of fused-ring (bicyclic) bond motifs is 1. The molecular formula is C15H19ClN2OS. The van der Waals surface area contributed by atoms with Gasteiger partial charge in [-0.15, -0.1) is 11.3 Å². The quantitative estimate of drug-likeness (QED) is 0.884. The van der Waals surface area contributed by atoms with Gasteiger partial charge < -0.3 is 11.1 Å². The molecule has 0 radical (unpaired) electrons. The Labute approximate surface area is 128 Å². The van der Waals surface area contributed by atoms with Crippen molar-refractivity contribution in [1.82, 2.24) is 5.32 Å². The standard InChI is InChI=1S/C15H19ClN2OS/c1-4-8(2)9(3)18-15(19)14-13(17)11-7-10(16)5-6-12(11)20-14/h5-9H,4,17H2,1-3H3,(H,18,19). The maximum absolute atomic E-state index is 12.3. The van der Waals surface area contributed by atoms with Crippen LogP contribution in [0.5, 0.6) is 0 Å². The Morgan fingerprint density at radius 3 is 2.80 bits per heavy atom. The van der Waals surface area contributed by atoms with Gasteiger partial charge in [0.1, 0.15) is 4.88 Å². The van der Waals surface area contributed by atoms with Gasteiger partial charge in [-0.1, -0.05) is 31.9 Å². The van der Waals surface area contributed by atoms with Gasteiger partial charge >= 0.3 is 0 Å². The monoisotopic (exact) mass is 310 g/mol. The smallest absolute Gasteiger partial charge is 0.263 e. The number of amides is 1. The molecule has 20 heavy (non-hydrogen) atoms. The topological polar surface area (TPSA) is 55.1 Å². The predicted molar refractivity (Wildman–Crippen MR) is 87.6 cm³/mol. The summed E-state index contributed by atoms with van der Waals surface area (Å²) in [5, 5.41) is 4.50. The van der Waals surface area contributed by atoms with E-state index in [4.69, 9.17) is 17.3 Å². The molecule has 5 heteroatoms. The minimum Gasteiger partial charge on any atom is -0.397 e. The average molecular weight is 311 g/mol. The summed E-state index contributed by atoms with van der Waals surface area (Å²) in [6, 6.07) is 5.63. The first-order valence-electron chi connectivity index (χ1n) is 6.72. The van der Waals surface area contributed by atoms with Crippen LogP contribution in [-0.4, -0.2) is 11.9 Å². The molecule has 2 aromatic rings.